The van der Waals surface area contributed by atoms with Gasteiger partial charge in [0.15, 0.2) is 5.82 Å². The minimum atomic E-state index is 0.542. The van der Waals surface area contributed by atoms with E-state index in [0.29, 0.717) is 18.3 Å². The molecule has 0 radical (unpaired) electrons. The molecule has 4 nitrogen and oxygen atoms in total. The Labute approximate surface area is 102 Å². The minimum Gasteiger partial charge on any atom is -0.334 e. The van der Waals surface area contributed by atoms with Crippen molar-refractivity contribution in [1.29, 1.82) is 0 Å². The second kappa shape index (κ2) is 4.76. The smallest absolute Gasteiger partial charge is 0.259 e. The normalized spacial score (nSPS) is 10.7. The zero-order valence-corrected chi connectivity index (χ0v) is 10.7. The summed E-state index contributed by atoms with van der Waals surface area (Å²) in [5, 5.41) is 6.86. The van der Waals surface area contributed by atoms with Crippen LogP contribution in [0.3, 0.4) is 0 Å². The van der Waals surface area contributed by atoms with E-state index in [9.17, 15) is 0 Å². The Balaban J connectivity index is 2.38. The number of aromatic nitrogens is 2. The first-order valence-corrected chi connectivity index (χ1v) is 5.73. The highest BCUT2D eigenvalue weighted by Gasteiger charge is 2.11. The molecule has 0 amide bonds. The Hall–Kier alpha value is -1.20. The molecule has 0 aliphatic carbocycles. The SMILES string of the molecule is CNCc1noc(-c2cc(C)ccc2Br)n1. The monoisotopic (exact) mass is 281 g/mol. The van der Waals surface area contributed by atoms with Crippen molar-refractivity contribution in [3.05, 3.63) is 34.1 Å². The molecule has 1 aromatic heterocycles. The number of nitrogens with zero attached hydrogens (tertiary/aromatic N) is 2. The molecule has 0 aliphatic rings. The number of benzene rings is 1. The van der Waals surface area contributed by atoms with Gasteiger partial charge in [0.25, 0.3) is 5.89 Å². The van der Waals surface area contributed by atoms with Crippen molar-refractivity contribution < 1.29 is 4.52 Å². The summed E-state index contributed by atoms with van der Waals surface area (Å²) in [4.78, 5) is 4.30. The summed E-state index contributed by atoms with van der Waals surface area (Å²) in [5.41, 5.74) is 2.08. The summed E-state index contributed by atoms with van der Waals surface area (Å²) >= 11 is 3.47. The average Bonchev–Trinajstić information content (AvgIpc) is 2.71. The lowest BCUT2D eigenvalue weighted by Gasteiger charge is -1.99. The standard InChI is InChI=1S/C11H12BrN3O/c1-7-3-4-9(12)8(5-7)11-14-10(6-13-2)15-16-11/h3-5,13H,6H2,1-2H3. The highest BCUT2D eigenvalue weighted by Crippen LogP contribution is 2.27. The largest absolute Gasteiger partial charge is 0.334 e. The Morgan fingerprint density at radius 1 is 1.44 bits per heavy atom. The second-order valence-electron chi connectivity index (χ2n) is 3.53. The third kappa shape index (κ3) is 2.31. The molecule has 0 aliphatic heterocycles. The molecule has 0 unspecified atom stereocenters. The number of hydrogen-bond donors (Lipinski definition) is 1. The van der Waals surface area contributed by atoms with Crippen LogP contribution in [0.4, 0.5) is 0 Å². The van der Waals surface area contributed by atoms with Crippen LogP contribution in [0, 0.1) is 6.92 Å². The molecule has 2 rings (SSSR count). The number of aryl methyl sites for hydroxylation is 1. The van der Waals surface area contributed by atoms with E-state index in [0.717, 1.165) is 15.6 Å². The van der Waals surface area contributed by atoms with Crippen molar-refractivity contribution in [1.82, 2.24) is 15.5 Å². The maximum atomic E-state index is 5.21. The van der Waals surface area contributed by atoms with Crippen LogP contribution in [0.25, 0.3) is 11.5 Å². The average molecular weight is 282 g/mol. The van der Waals surface area contributed by atoms with Crippen LogP contribution in [-0.2, 0) is 6.54 Å². The van der Waals surface area contributed by atoms with Gasteiger partial charge in [-0.3, -0.25) is 0 Å². The second-order valence-corrected chi connectivity index (χ2v) is 4.38. The van der Waals surface area contributed by atoms with E-state index in [-0.39, 0.29) is 0 Å². The van der Waals surface area contributed by atoms with Gasteiger partial charge in [-0.05, 0) is 42.0 Å². The molecule has 84 valence electrons. The summed E-state index contributed by atoms with van der Waals surface area (Å²) in [6.07, 6.45) is 0. The Morgan fingerprint density at radius 2 is 2.25 bits per heavy atom. The molecule has 2 aromatic rings. The van der Waals surface area contributed by atoms with Gasteiger partial charge in [0, 0.05) is 4.47 Å². The van der Waals surface area contributed by atoms with Gasteiger partial charge in [0.05, 0.1) is 12.1 Å². The highest BCUT2D eigenvalue weighted by molar-refractivity contribution is 9.10. The first kappa shape index (κ1) is 11.3. The molecule has 0 saturated carbocycles. The molecule has 1 N–H and O–H groups in total. The Bertz CT molecular complexity index is 496. The first-order valence-electron chi connectivity index (χ1n) is 4.94. The molecule has 1 aromatic carbocycles. The van der Waals surface area contributed by atoms with Crippen LogP contribution in [0.1, 0.15) is 11.4 Å². The van der Waals surface area contributed by atoms with Crippen molar-refractivity contribution in [2.45, 2.75) is 13.5 Å². The molecular weight excluding hydrogens is 270 g/mol. The molecule has 0 bridgehead atoms. The predicted octanol–water partition coefficient (Wildman–Crippen LogP) is 2.53. The lowest BCUT2D eigenvalue weighted by molar-refractivity contribution is 0.420. The van der Waals surface area contributed by atoms with Crippen LogP contribution in [0.2, 0.25) is 0 Å². The van der Waals surface area contributed by atoms with E-state index in [4.69, 9.17) is 4.52 Å². The molecule has 5 heteroatoms. The number of rotatable bonds is 3. The summed E-state index contributed by atoms with van der Waals surface area (Å²) < 4.78 is 6.16. The quantitative estimate of drug-likeness (QED) is 0.939. The Morgan fingerprint density at radius 3 is 3.00 bits per heavy atom. The fourth-order valence-corrected chi connectivity index (χ4v) is 1.81. The van der Waals surface area contributed by atoms with Crippen molar-refractivity contribution >= 4 is 15.9 Å². The van der Waals surface area contributed by atoms with Crippen LogP contribution in [0.15, 0.2) is 27.2 Å². The molecular formula is C11H12BrN3O. The number of nitrogens with one attached hydrogen (secondary N) is 1. The van der Waals surface area contributed by atoms with Gasteiger partial charge in [0.1, 0.15) is 0 Å². The van der Waals surface area contributed by atoms with Gasteiger partial charge >= 0.3 is 0 Å². The van der Waals surface area contributed by atoms with Crippen LogP contribution < -0.4 is 5.32 Å². The third-order valence-electron chi connectivity index (χ3n) is 2.16. The van der Waals surface area contributed by atoms with Gasteiger partial charge in [-0.1, -0.05) is 16.8 Å². The maximum absolute atomic E-state index is 5.21. The van der Waals surface area contributed by atoms with Gasteiger partial charge in [-0.2, -0.15) is 4.98 Å². The van der Waals surface area contributed by atoms with Gasteiger partial charge in [-0.15, -0.1) is 0 Å². The fraction of sp³-hybridized carbons (Fsp3) is 0.273. The molecule has 0 spiro atoms. The summed E-state index contributed by atoms with van der Waals surface area (Å²) in [6.45, 7) is 2.63. The van der Waals surface area contributed by atoms with Crippen LogP contribution in [0.5, 0.6) is 0 Å². The number of halogens is 1. The van der Waals surface area contributed by atoms with Gasteiger partial charge < -0.3 is 9.84 Å². The summed E-state index contributed by atoms with van der Waals surface area (Å²) in [7, 11) is 1.85. The highest BCUT2D eigenvalue weighted by atomic mass is 79.9. The minimum absolute atomic E-state index is 0.542. The zero-order chi connectivity index (χ0) is 11.5. The maximum Gasteiger partial charge on any atom is 0.259 e. The van der Waals surface area contributed by atoms with E-state index in [1.54, 1.807) is 0 Å². The van der Waals surface area contributed by atoms with Crippen molar-refractivity contribution in [3.8, 4) is 11.5 Å². The van der Waals surface area contributed by atoms with Crippen molar-refractivity contribution in [3.63, 3.8) is 0 Å². The lowest BCUT2D eigenvalue weighted by atomic mass is 10.1. The molecule has 0 saturated heterocycles. The van der Waals surface area contributed by atoms with Gasteiger partial charge in [0.2, 0.25) is 0 Å². The van der Waals surface area contributed by atoms with Crippen LogP contribution in [-0.4, -0.2) is 17.2 Å². The van der Waals surface area contributed by atoms with Crippen molar-refractivity contribution in [2.24, 2.45) is 0 Å². The zero-order valence-electron chi connectivity index (χ0n) is 9.12. The van der Waals surface area contributed by atoms with E-state index in [1.807, 2.05) is 32.2 Å². The van der Waals surface area contributed by atoms with Crippen LogP contribution >= 0.6 is 15.9 Å². The predicted molar refractivity (Wildman–Crippen MR) is 64.9 cm³/mol. The molecule has 1 heterocycles. The lowest BCUT2D eigenvalue weighted by Crippen LogP contribution is -2.06. The van der Waals surface area contributed by atoms with Crippen molar-refractivity contribution in [2.75, 3.05) is 7.05 Å². The fourth-order valence-electron chi connectivity index (χ4n) is 1.40. The van der Waals surface area contributed by atoms with Gasteiger partial charge in [-0.25, -0.2) is 0 Å². The van der Waals surface area contributed by atoms with E-state index < -0.39 is 0 Å². The number of hydrogen-bond acceptors (Lipinski definition) is 4. The van der Waals surface area contributed by atoms with E-state index >= 15 is 0 Å². The third-order valence-corrected chi connectivity index (χ3v) is 2.85. The summed E-state index contributed by atoms with van der Waals surface area (Å²) in [6, 6.07) is 6.02. The molecule has 0 atom stereocenters. The Kier molecular flexibility index (Phi) is 3.36. The van der Waals surface area contributed by atoms with E-state index in [2.05, 4.69) is 31.4 Å². The molecule has 16 heavy (non-hydrogen) atoms. The van der Waals surface area contributed by atoms with E-state index in [1.165, 1.54) is 0 Å². The summed E-state index contributed by atoms with van der Waals surface area (Å²) in [5.74, 6) is 1.20. The molecule has 0 fully saturated rings. The topological polar surface area (TPSA) is 51.0 Å². The first-order chi connectivity index (χ1) is 7.70.